The highest BCUT2D eigenvalue weighted by Crippen LogP contribution is 2.49. The van der Waals surface area contributed by atoms with Crippen LogP contribution in [0.5, 0.6) is 0 Å². The van der Waals surface area contributed by atoms with E-state index in [9.17, 15) is 0 Å². The Labute approximate surface area is 332 Å². The third-order valence-electron chi connectivity index (χ3n) is 11.9. The molecule has 0 unspecified atom stereocenters. The molecule has 0 radical (unpaired) electrons. The Morgan fingerprint density at radius 1 is 0.281 bits per heavy atom. The van der Waals surface area contributed by atoms with Gasteiger partial charge in [0.25, 0.3) is 0 Å². The summed E-state index contributed by atoms with van der Waals surface area (Å²) in [6, 6.07) is 67.5. The number of rotatable bonds is 5. The summed E-state index contributed by atoms with van der Waals surface area (Å²) in [5.41, 5.74) is 13.2. The van der Waals surface area contributed by atoms with Gasteiger partial charge in [0, 0.05) is 22.1 Å². The molecule has 9 aromatic carbocycles. The highest BCUT2D eigenvalue weighted by atomic mass is 15.0. The quantitative estimate of drug-likeness (QED) is 0.166. The van der Waals surface area contributed by atoms with E-state index < -0.39 is 0 Å². The monoisotopic (exact) mass is 727 g/mol. The van der Waals surface area contributed by atoms with Crippen molar-refractivity contribution in [3.8, 4) is 67.5 Å². The van der Waals surface area contributed by atoms with Gasteiger partial charge in [-0.25, -0.2) is 15.0 Å². The van der Waals surface area contributed by atoms with Crippen LogP contribution < -0.4 is 0 Å². The molecule has 0 atom stereocenters. The van der Waals surface area contributed by atoms with Gasteiger partial charge in [-0.3, -0.25) is 0 Å². The van der Waals surface area contributed by atoms with Crippen LogP contribution in [0, 0.1) is 0 Å². The highest BCUT2D eigenvalue weighted by Gasteiger charge is 2.35. The largest absolute Gasteiger partial charge is 0.208 e. The van der Waals surface area contributed by atoms with E-state index in [0.29, 0.717) is 17.5 Å². The molecule has 0 fully saturated rings. The summed E-state index contributed by atoms with van der Waals surface area (Å²) in [4.78, 5) is 15.0. The Morgan fingerprint density at radius 3 is 1.32 bits per heavy atom. The average Bonchev–Trinajstić information content (AvgIpc) is 3.51. The van der Waals surface area contributed by atoms with Gasteiger partial charge in [-0.1, -0.05) is 184 Å². The lowest BCUT2D eigenvalue weighted by Crippen LogP contribution is -2.14. The summed E-state index contributed by atoms with van der Waals surface area (Å²) in [5.74, 6) is 1.97. The van der Waals surface area contributed by atoms with Crippen molar-refractivity contribution in [1.82, 2.24) is 15.0 Å². The zero-order valence-electron chi connectivity index (χ0n) is 31.7. The molecule has 0 saturated carbocycles. The molecule has 11 rings (SSSR count). The number of fused-ring (bicyclic) bond motifs is 9. The number of hydrogen-bond donors (Lipinski definition) is 0. The van der Waals surface area contributed by atoms with Crippen LogP contribution in [0.4, 0.5) is 0 Å². The smallest absolute Gasteiger partial charge is 0.164 e. The van der Waals surface area contributed by atoms with E-state index in [0.717, 1.165) is 16.7 Å². The van der Waals surface area contributed by atoms with E-state index in [2.05, 4.69) is 141 Å². The fourth-order valence-electron chi connectivity index (χ4n) is 8.95. The molecule has 10 aromatic rings. The maximum atomic E-state index is 5.04. The number of benzene rings is 9. The molecule has 3 nitrogen and oxygen atoms in total. The van der Waals surface area contributed by atoms with Gasteiger partial charge in [-0.05, 0) is 95.0 Å². The molecular formula is C54H37N3. The van der Waals surface area contributed by atoms with Crippen molar-refractivity contribution in [2.24, 2.45) is 0 Å². The summed E-state index contributed by atoms with van der Waals surface area (Å²) in [6.45, 7) is 4.68. The first-order chi connectivity index (χ1) is 28.0. The van der Waals surface area contributed by atoms with E-state index in [4.69, 9.17) is 15.0 Å². The van der Waals surface area contributed by atoms with Gasteiger partial charge in [0.05, 0.1) is 0 Å². The Bertz CT molecular complexity index is 3130. The lowest BCUT2D eigenvalue weighted by molar-refractivity contribution is 0.660. The maximum Gasteiger partial charge on any atom is 0.164 e. The third kappa shape index (κ3) is 5.46. The predicted octanol–water partition coefficient (Wildman–Crippen LogP) is 14.0. The van der Waals surface area contributed by atoms with Crippen LogP contribution in [0.25, 0.3) is 99.9 Å². The van der Waals surface area contributed by atoms with E-state index in [1.54, 1.807) is 0 Å². The minimum absolute atomic E-state index is 0.0256. The second kappa shape index (κ2) is 12.9. The molecule has 0 N–H and O–H groups in total. The molecule has 0 aliphatic heterocycles. The van der Waals surface area contributed by atoms with E-state index in [-0.39, 0.29) is 5.41 Å². The Morgan fingerprint density at radius 2 is 0.684 bits per heavy atom. The molecule has 0 spiro atoms. The van der Waals surface area contributed by atoms with Gasteiger partial charge in [0.2, 0.25) is 0 Å². The molecule has 0 saturated heterocycles. The molecule has 3 heteroatoms. The molecule has 1 aliphatic carbocycles. The molecule has 1 aromatic heterocycles. The maximum absolute atomic E-state index is 5.04. The molecular weight excluding hydrogens is 691 g/mol. The fraction of sp³-hybridized carbons (Fsp3) is 0.0556. The lowest BCUT2D eigenvalue weighted by atomic mass is 9.81. The minimum atomic E-state index is -0.0256. The van der Waals surface area contributed by atoms with E-state index in [1.165, 1.54) is 76.8 Å². The zero-order valence-corrected chi connectivity index (χ0v) is 31.7. The van der Waals surface area contributed by atoms with Crippen LogP contribution in [-0.4, -0.2) is 15.0 Å². The van der Waals surface area contributed by atoms with Crippen molar-refractivity contribution in [1.29, 1.82) is 0 Å². The SMILES string of the molecule is CC1(C)c2ccccc2-c2ccc(-c3ccc(-c4ccc5c(c4)c4ccccc4c4ccc(-c6nc(-c7ccccc7)nc(-c7ccccc7)n6)cc45)cc3)cc21. The molecule has 57 heavy (non-hydrogen) atoms. The minimum Gasteiger partial charge on any atom is -0.208 e. The van der Waals surface area contributed by atoms with Gasteiger partial charge < -0.3 is 0 Å². The molecule has 268 valence electrons. The first-order valence-electron chi connectivity index (χ1n) is 19.6. The lowest BCUT2D eigenvalue weighted by Gasteiger charge is -2.22. The molecule has 1 heterocycles. The number of aromatic nitrogens is 3. The van der Waals surface area contributed by atoms with Crippen molar-refractivity contribution < 1.29 is 0 Å². The molecule has 0 bridgehead atoms. The number of hydrogen-bond acceptors (Lipinski definition) is 3. The second-order valence-electron chi connectivity index (χ2n) is 15.6. The van der Waals surface area contributed by atoms with Gasteiger partial charge in [-0.2, -0.15) is 0 Å². The predicted molar refractivity (Wildman–Crippen MR) is 237 cm³/mol. The third-order valence-corrected chi connectivity index (χ3v) is 11.9. The van der Waals surface area contributed by atoms with Crippen LogP contribution in [-0.2, 0) is 5.41 Å². The fourth-order valence-corrected chi connectivity index (χ4v) is 8.95. The Balaban J connectivity index is 1.01. The van der Waals surface area contributed by atoms with Crippen molar-refractivity contribution >= 4 is 32.3 Å². The summed E-state index contributed by atoms with van der Waals surface area (Å²) in [5, 5.41) is 7.28. The Hall–Kier alpha value is -7.23. The van der Waals surface area contributed by atoms with Gasteiger partial charge in [-0.15, -0.1) is 0 Å². The number of nitrogens with zero attached hydrogens (tertiary/aromatic N) is 3. The standard InChI is InChI=1S/C54H37N3/c1-54(2)49-20-12-11-19-45(49)46-30-26-39(33-50(46)54)35-23-21-34(22-24-35)38-25-28-44-47(31-38)42-18-10-9-17-41(42)43-29-27-40(32-48(43)44)53-56-51(36-13-5-3-6-14-36)55-52(57-53)37-15-7-4-8-16-37/h3-33H,1-2H3. The first kappa shape index (κ1) is 33.1. The molecule has 1 aliphatic rings. The van der Waals surface area contributed by atoms with Gasteiger partial charge in [0.15, 0.2) is 17.5 Å². The summed E-state index contributed by atoms with van der Waals surface area (Å²) in [7, 11) is 0. The van der Waals surface area contributed by atoms with Gasteiger partial charge >= 0.3 is 0 Å². The summed E-state index contributed by atoms with van der Waals surface area (Å²) >= 11 is 0. The van der Waals surface area contributed by atoms with Crippen LogP contribution in [0.2, 0.25) is 0 Å². The van der Waals surface area contributed by atoms with Gasteiger partial charge in [0.1, 0.15) is 0 Å². The van der Waals surface area contributed by atoms with Crippen LogP contribution in [0.1, 0.15) is 25.0 Å². The van der Waals surface area contributed by atoms with Crippen LogP contribution in [0.3, 0.4) is 0 Å². The van der Waals surface area contributed by atoms with Crippen LogP contribution in [0.15, 0.2) is 188 Å². The second-order valence-corrected chi connectivity index (χ2v) is 15.6. The first-order valence-corrected chi connectivity index (χ1v) is 19.6. The normalized spacial score (nSPS) is 12.9. The topological polar surface area (TPSA) is 38.7 Å². The zero-order chi connectivity index (χ0) is 38.1. The average molecular weight is 728 g/mol. The Kier molecular flexibility index (Phi) is 7.52. The van der Waals surface area contributed by atoms with E-state index >= 15 is 0 Å². The van der Waals surface area contributed by atoms with E-state index in [1.807, 2.05) is 60.7 Å². The highest BCUT2D eigenvalue weighted by molar-refractivity contribution is 6.26. The van der Waals surface area contributed by atoms with Crippen molar-refractivity contribution in [3.63, 3.8) is 0 Å². The summed E-state index contributed by atoms with van der Waals surface area (Å²) in [6.07, 6.45) is 0. The van der Waals surface area contributed by atoms with Crippen molar-refractivity contribution in [2.75, 3.05) is 0 Å². The molecule has 0 amide bonds. The van der Waals surface area contributed by atoms with Crippen molar-refractivity contribution in [2.45, 2.75) is 19.3 Å². The summed E-state index contributed by atoms with van der Waals surface area (Å²) < 4.78 is 0. The van der Waals surface area contributed by atoms with Crippen LogP contribution >= 0.6 is 0 Å². The van der Waals surface area contributed by atoms with Crippen molar-refractivity contribution in [3.05, 3.63) is 199 Å².